The van der Waals surface area contributed by atoms with E-state index >= 15 is 0 Å². The van der Waals surface area contributed by atoms with Gasteiger partial charge in [-0.05, 0) is 48.5 Å². The molecule has 0 saturated heterocycles. The number of esters is 1. The molecule has 0 aliphatic heterocycles. The molecule has 0 unspecified atom stereocenters. The number of anilines is 1. The summed E-state index contributed by atoms with van der Waals surface area (Å²) in [5.74, 6) is -0.938. The highest BCUT2D eigenvalue weighted by atomic mass is 35.5. The fourth-order valence-corrected chi connectivity index (χ4v) is 4.64. The molecule has 33 heavy (non-hydrogen) atoms. The van der Waals surface area contributed by atoms with Gasteiger partial charge in [-0.3, -0.25) is 14.6 Å². The first-order valence-electron chi connectivity index (χ1n) is 9.90. The monoisotopic (exact) mass is 495 g/mol. The van der Waals surface area contributed by atoms with E-state index in [0.29, 0.717) is 16.4 Å². The minimum Gasteiger partial charge on any atom is -0.455 e. The Kier molecular flexibility index (Phi) is 7.72. The highest BCUT2D eigenvalue weighted by Gasteiger charge is 2.14. The Morgan fingerprint density at radius 2 is 1.82 bits per heavy atom. The van der Waals surface area contributed by atoms with Gasteiger partial charge in [-0.25, -0.2) is 4.98 Å². The Morgan fingerprint density at radius 3 is 2.61 bits per heavy atom. The molecule has 1 N–H and O–H groups in total. The minimum absolute atomic E-state index is 0.0143. The molecule has 166 valence electrons. The SMILES string of the molecule is O=C(COC(=O)Cc1csc(-c2ccccn2)n1)Nc1ccccc1Sc1ccc(Cl)cc1. The first kappa shape index (κ1) is 23.0. The van der Waals surface area contributed by atoms with Crippen molar-refractivity contribution >= 4 is 52.3 Å². The van der Waals surface area contributed by atoms with Gasteiger partial charge in [-0.1, -0.05) is 41.6 Å². The van der Waals surface area contributed by atoms with Crippen LogP contribution in [0.25, 0.3) is 10.7 Å². The van der Waals surface area contributed by atoms with E-state index in [0.717, 1.165) is 20.5 Å². The third-order valence-electron chi connectivity index (χ3n) is 4.33. The van der Waals surface area contributed by atoms with Crippen LogP contribution < -0.4 is 5.32 Å². The number of rotatable bonds is 8. The van der Waals surface area contributed by atoms with Crippen molar-refractivity contribution in [2.45, 2.75) is 16.2 Å². The highest BCUT2D eigenvalue weighted by Crippen LogP contribution is 2.33. The van der Waals surface area contributed by atoms with Gasteiger partial charge in [0.05, 0.1) is 23.5 Å². The summed E-state index contributed by atoms with van der Waals surface area (Å²) < 4.78 is 5.14. The number of hydrogen-bond acceptors (Lipinski definition) is 7. The van der Waals surface area contributed by atoms with Gasteiger partial charge in [-0.15, -0.1) is 11.3 Å². The standard InChI is InChI=1S/C24H18ClN3O3S2/c25-16-8-10-18(11-9-16)33-21-7-2-1-5-19(21)28-22(29)14-31-23(30)13-17-15-32-24(27-17)20-6-3-4-12-26-20/h1-12,15H,13-14H2,(H,28,29). The van der Waals surface area contributed by atoms with Crippen LogP contribution >= 0.6 is 34.7 Å². The van der Waals surface area contributed by atoms with Gasteiger partial charge in [0, 0.05) is 26.4 Å². The van der Waals surface area contributed by atoms with E-state index in [1.807, 2.05) is 60.7 Å². The van der Waals surface area contributed by atoms with Gasteiger partial charge in [0.2, 0.25) is 0 Å². The number of carbonyl (C=O) groups excluding carboxylic acids is 2. The fourth-order valence-electron chi connectivity index (χ4n) is 2.81. The van der Waals surface area contributed by atoms with Crippen LogP contribution in [0.1, 0.15) is 5.69 Å². The smallest absolute Gasteiger partial charge is 0.312 e. The lowest BCUT2D eigenvalue weighted by Crippen LogP contribution is -2.22. The zero-order valence-electron chi connectivity index (χ0n) is 17.2. The van der Waals surface area contributed by atoms with Crippen LogP contribution in [0.5, 0.6) is 0 Å². The molecule has 0 spiro atoms. The number of pyridine rings is 1. The van der Waals surface area contributed by atoms with E-state index in [9.17, 15) is 9.59 Å². The predicted molar refractivity (Wildman–Crippen MR) is 131 cm³/mol. The van der Waals surface area contributed by atoms with E-state index < -0.39 is 11.9 Å². The number of carbonyl (C=O) groups is 2. The quantitative estimate of drug-likeness (QED) is 0.314. The molecule has 0 saturated carbocycles. The molecule has 2 aromatic carbocycles. The van der Waals surface area contributed by atoms with Crippen molar-refractivity contribution in [1.82, 2.24) is 9.97 Å². The van der Waals surface area contributed by atoms with Crippen LogP contribution in [-0.2, 0) is 20.7 Å². The summed E-state index contributed by atoms with van der Waals surface area (Å²) in [7, 11) is 0. The molecule has 4 aromatic rings. The molecule has 0 bridgehead atoms. The van der Waals surface area contributed by atoms with Crippen molar-refractivity contribution in [3.63, 3.8) is 0 Å². The molecule has 9 heteroatoms. The molecule has 0 radical (unpaired) electrons. The molecule has 0 aliphatic carbocycles. The van der Waals surface area contributed by atoms with Gasteiger partial charge in [-0.2, -0.15) is 0 Å². The van der Waals surface area contributed by atoms with Gasteiger partial charge < -0.3 is 10.1 Å². The van der Waals surface area contributed by atoms with E-state index in [1.54, 1.807) is 17.6 Å². The lowest BCUT2D eigenvalue weighted by Gasteiger charge is -2.11. The Morgan fingerprint density at radius 1 is 1.03 bits per heavy atom. The summed E-state index contributed by atoms with van der Waals surface area (Å²) >= 11 is 8.84. The Labute approximate surface area is 204 Å². The lowest BCUT2D eigenvalue weighted by atomic mass is 10.3. The van der Waals surface area contributed by atoms with Crippen molar-refractivity contribution in [2.24, 2.45) is 0 Å². The largest absolute Gasteiger partial charge is 0.455 e. The van der Waals surface area contributed by atoms with E-state index in [-0.39, 0.29) is 13.0 Å². The third kappa shape index (κ3) is 6.64. The first-order chi connectivity index (χ1) is 16.1. The van der Waals surface area contributed by atoms with Gasteiger partial charge in [0.15, 0.2) is 6.61 Å². The highest BCUT2D eigenvalue weighted by molar-refractivity contribution is 7.99. The second-order valence-electron chi connectivity index (χ2n) is 6.80. The molecular weight excluding hydrogens is 478 g/mol. The topological polar surface area (TPSA) is 81.2 Å². The second-order valence-corrected chi connectivity index (χ2v) is 9.21. The van der Waals surface area contributed by atoms with Crippen molar-refractivity contribution in [3.05, 3.63) is 89.0 Å². The van der Waals surface area contributed by atoms with E-state index in [1.165, 1.54) is 23.1 Å². The van der Waals surface area contributed by atoms with Crippen molar-refractivity contribution < 1.29 is 14.3 Å². The lowest BCUT2D eigenvalue weighted by molar-refractivity contribution is -0.146. The maximum Gasteiger partial charge on any atom is 0.312 e. The maximum absolute atomic E-state index is 12.4. The number of aromatic nitrogens is 2. The van der Waals surface area contributed by atoms with Crippen molar-refractivity contribution in [3.8, 4) is 10.7 Å². The zero-order chi connectivity index (χ0) is 23.0. The number of benzene rings is 2. The molecule has 2 aromatic heterocycles. The van der Waals surface area contributed by atoms with Crippen molar-refractivity contribution in [1.29, 1.82) is 0 Å². The van der Waals surface area contributed by atoms with Gasteiger partial charge >= 0.3 is 5.97 Å². The Balaban J connectivity index is 1.29. The molecule has 4 rings (SSSR count). The number of nitrogens with zero attached hydrogens (tertiary/aromatic N) is 2. The maximum atomic E-state index is 12.4. The summed E-state index contributed by atoms with van der Waals surface area (Å²) in [5.41, 5.74) is 1.96. The average Bonchev–Trinajstić information content (AvgIpc) is 3.29. The summed E-state index contributed by atoms with van der Waals surface area (Å²) in [5, 5.41) is 5.98. The number of nitrogens with one attached hydrogen (secondary N) is 1. The number of para-hydroxylation sites is 1. The van der Waals surface area contributed by atoms with Crippen molar-refractivity contribution in [2.75, 3.05) is 11.9 Å². The third-order valence-corrected chi connectivity index (χ3v) is 6.58. The van der Waals surface area contributed by atoms with E-state index in [4.69, 9.17) is 16.3 Å². The molecular formula is C24H18ClN3O3S2. The summed E-state index contributed by atoms with van der Waals surface area (Å²) in [4.78, 5) is 35.1. The normalized spacial score (nSPS) is 10.6. The number of ether oxygens (including phenoxy) is 1. The average molecular weight is 496 g/mol. The Bertz CT molecular complexity index is 1250. The molecule has 1 amide bonds. The molecule has 0 aliphatic rings. The number of amides is 1. The second kappa shape index (κ2) is 11.1. The van der Waals surface area contributed by atoms with Crippen LogP contribution in [0.4, 0.5) is 5.69 Å². The summed E-state index contributed by atoms with van der Waals surface area (Å²) in [6.07, 6.45) is 1.68. The van der Waals surface area contributed by atoms with Crippen LogP contribution in [-0.4, -0.2) is 28.5 Å². The number of thiazole rings is 1. The van der Waals surface area contributed by atoms with Gasteiger partial charge in [0.25, 0.3) is 5.91 Å². The fraction of sp³-hybridized carbons (Fsp3) is 0.0833. The molecule has 6 nitrogen and oxygen atoms in total. The summed E-state index contributed by atoms with van der Waals surface area (Å²) in [6, 6.07) is 20.4. The molecule has 2 heterocycles. The Hall–Kier alpha value is -3.20. The first-order valence-corrected chi connectivity index (χ1v) is 12.0. The van der Waals surface area contributed by atoms with Crippen LogP contribution in [0.3, 0.4) is 0 Å². The van der Waals surface area contributed by atoms with Crippen LogP contribution in [0.2, 0.25) is 5.02 Å². The molecule has 0 atom stereocenters. The van der Waals surface area contributed by atoms with Gasteiger partial charge in [0.1, 0.15) is 5.01 Å². The van der Waals surface area contributed by atoms with Crippen LogP contribution in [0.15, 0.2) is 88.1 Å². The predicted octanol–water partition coefficient (Wildman–Crippen LogP) is 5.73. The zero-order valence-corrected chi connectivity index (χ0v) is 19.6. The van der Waals surface area contributed by atoms with E-state index in [2.05, 4.69) is 15.3 Å². The summed E-state index contributed by atoms with van der Waals surface area (Å²) in [6.45, 7) is -0.379. The number of halogens is 1. The number of hydrogen-bond donors (Lipinski definition) is 1. The molecule has 0 fully saturated rings. The minimum atomic E-state index is -0.521. The van der Waals surface area contributed by atoms with Crippen LogP contribution in [0, 0.1) is 0 Å².